The van der Waals surface area contributed by atoms with E-state index in [2.05, 4.69) is 90.6 Å². The van der Waals surface area contributed by atoms with Gasteiger partial charge in [0.25, 0.3) is 0 Å². The maximum absolute atomic E-state index is 6.21. The van der Waals surface area contributed by atoms with Crippen LogP contribution >= 0.6 is 0 Å². The summed E-state index contributed by atoms with van der Waals surface area (Å²) in [6, 6.07) is 8.84. The highest BCUT2D eigenvalue weighted by Gasteiger charge is 2.25. The monoisotopic (exact) mass is 419 g/mol. The minimum atomic E-state index is -0.607. The van der Waals surface area contributed by atoms with E-state index in [4.69, 9.17) is 14.4 Å². The zero-order chi connectivity index (χ0) is 22.0. The Hall–Kier alpha value is -2.40. The second-order valence-electron chi connectivity index (χ2n) is 10.4. The summed E-state index contributed by atoms with van der Waals surface area (Å²) in [6.07, 6.45) is 0. The van der Waals surface area contributed by atoms with Crippen LogP contribution in [0.5, 0.6) is 5.75 Å². The molecule has 0 saturated carbocycles. The molecule has 0 atom stereocenters. The van der Waals surface area contributed by atoms with Gasteiger partial charge in [0.1, 0.15) is 16.9 Å². The molecule has 1 aromatic carbocycles. The highest BCUT2D eigenvalue weighted by Crippen LogP contribution is 2.37. The molecule has 0 saturated heterocycles. The maximum atomic E-state index is 6.21. The molecule has 158 valence electrons. The lowest BCUT2D eigenvalue weighted by atomic mass is 9.89. The van der Waals surface area contributed by atoms with Crippen LogP contribution in [0.2, 0.25) is 6.55 Å². The molecule has 0 fully saturated rings. The molecular formula is C25H33N3OSi. The molecule has 0 aliphatic carbocycles. The molecule has 4 nitrogen and oxygen atoms in total. The first-order valence-corrected chi connectivity index (χ1v) is 12.8. The number of hydrogen-bond donors (Lipinski definition) is 0. The summed E-state index contributed by atoms with van der Waals surface area (Å²) in [5.41, 5.74) is 8.75. The molecular weight excluding hydrogens is 386 g/mol. The van der Waals surface area contributed by atoms with Gasteiger partial charge in [-0.1, -0.05) is 41.5 Å². The van der Waals surface area contributed by atoms with Crippen LogP contribution in [0.25, 0.3) is 27.6 Å². The Kier molecular flexibility index (Phi) is 4.73. The number of aromatic nitrogens is 3. The predicted octanol–water partition coefficient (Wildman–Crippen LogP) is 5.76. The van der Waals surface area contributed by atoms with Crippen LogP contribution in [0, 0.1) is 13.8 Å². The van der Waals surface area contributed by atoms with E-state index >= 15 is 0 Å². The zero-order valence-electron chi connectivity index (χ0n) is 19.8. The Morgan fingerprint density at radius 1 is 0.933 bits per heavy atom. The van der Waals surface area contributed by atoms with Crippen LogP contribution in [0.3, 0.4) is 0 Å². The van der Waals surface area contributed by atoms with E-state index in [1.54, 1.807) is 0 Å². The summed E-state index contributed by atoms with van der Waals surface area (Å²) in [6.45, 7) is 19.8. The van der Waals surface area contributed by atoms with Crippen molar-refractivity contribution in [3.8, 4) is 5.75 Å². The molecule has 0 unspecified atom stereocenters. The fraction of sp³-hybridized carbons (Fsp3) is 0.440. The standard InChI is InChI=1S/C25H33N3OSi/c1-14-12-18-21(22(15(14)2)29-30-9)27-23-16-10-11-19(24(3,4)5)26-17(16)13-20(28(18)23)25(6,7)8/h10-13H,30H2,1-9H3. The second kappa shape index (κ2) is 6.81. The van der Waals surface area contributed by atoms with Gasteiger partial charge >= 0.3 is 0 Å². The lowest BCUT2D eigenvalue weighted by Crippen LogP contribution is -2.17. The maximum Gasteiger partial charge on any atom is 0.216 e. The quantitative estimate of drug-likeness (QED) is 0.388. The van der Waals surface area contributed by atoms with Crippen molar-refractivity contribution in [3.63, 3.8) is 0 Å². The number of benzene rings is 1. The van der Waals surface area contributed by atoms with E-state index in [9.17, 15) is 0 Å². The average Bonchev–Trinajstić information content (AvgIpc) is 3.02. The molecule has 0 aliphatic heterocycles. The summed E-state index contributed by atoms with van der Waals surface area (Å²) in [4.78, 5) is 10.2. The molecule has 0 aliphatic rings. The fourth-order valence-corrected chi connectivity index (χ4v) is 4.73. The van der Waals surface area contributed by atoms with E-state index in [-0.39, 0.29) is 10.8 Å². The normalized spacial score (nSPS) is 13.4. The Bertz CT molecular complexity index is 1290. The number of rotatable bonds is 2. The van der Waals surface area contributed by atoms with Crippen molar-refractivity contribution in [1.82, 2.24) is 14.4 Å². The molecule has 3 aromatic heterocycles. The first-order chi connectivity index (χ1) is 13.9. The molecule has 30 heavy (non-hydrogen) atoms. The predicted molar refractivity (Wildman–Crippen MR) is 130 cm³/mol. The number of aryl methyl sites for hydroxylation is 1. The molecule has 0 N–H and O–H groups in total. The van der Waals surface area contributed by atoms with Gasteiger partial charge in [0.05, 0.1) is 11.0 Å². The van der Waals surface area contributed by atoms with E-state index in [1.165, 1.54) is 16.8 Å². The van der Waals surface area contributed by atoms with Crippen LogP contribution < -0.4 is 4.43 Å². The lowest BCUT2D eigenvalue weighted by molar-refractivity contribution is 0.562. The van der Waals surface area contributed by atoms with Gasteiger partial charge in [-0.25, -0.2) is 4.98 Å². The Morgan fingerprint density at radius 2 is 1.63 bits per heavy atom. The molecule has 3 heterocycles. The highest BCUT2D eigenvalue weighted by molar-refractivity contribution is 6.26. The van der Waals surface area contributed by atoms with Crippen molar-refractivity contribution in [2.45, 2.75) is 72.8 Å². The van der Waals surface area contributed by atoms with Crippen molar-refractivity contribution >= 4 is 37.3 Å². The van der Waals surface area contributed by atoms with Crippen molar-refractivity contribution in [2.24, 2.45) is 0 Å². The van der Waals surface area contributed by atoms with Gasteiger partial charge in [-0.3, -0.25) is 9.38 Å². The third-order valence-electron chi connectivity index (χ3n) is 5.92. The SMILES string of the molecule is C[SiH2]Oc1c(C)c(C)cc2c1nc1c3ccc(C(C)(C)C)nc3cc(C(C)(C)C)n21. The third-order valence-corrected chi connectivity index (χ3v) is 6.50. The summed E-state index contributed by atoms with van der Waals surface area (Å²) >= 11 is 0. The lowest BCUT2D eigenvalue weighted by Gasteiger charge is -2.23. The van der Waals surface area contributed by atoms with Crippen molar-refractivity contribution in [1.29, 1.82) is 0 Å². The van der Waals surface area contributed by atoms with Gasteiger partial charge < -0.3 is 4.43 Å². The van der Waals surface area contributed by atoms with Gasteiger partial charge in [0, 0.05) is 27.6 Å². The largest absolute Gasteiger partial charge is 0.548 e. The van der Waals surface area contributed by atoms with Crippen molar-refractivity contribution in [2.75, 3.05) is 0 Å². The molecule has 4 rings (SSSR count). The van der Waals surface area contributed by atoms with Crippen LogP contribution in [0.1, 0.15) is 64.1 Å². The van der Waals surface area contributed by atoms with E-state index in [0.29, 0.717) is 0 Å². The third kappa shape index (κ3) is 3.20. The summed E-state index contributed by atoms with van der Waals surface area (Å²) in [5.74, 6) is 0.954. The number of imidazole rings is 1. The minimum absolute atomic E-state index is 0.00331. The molecule has 0 bridgehead atoms. The average molecular weight is 420 g/mol. The number of hydrogen-bond acceptors (Lipinski definition) is 3. The molecule has 0 radical (unpaired) electrons. The molecule has 0 amide bonds. The van der Waals surface area contributed by atoms with Gasteiger partial charge in [0.15, 0.2) is 0 Å². The first kappa shape index (κ1) is 20.9. The molecule has 0 spiro atoms. The molecule has 4 aromatic rings. The number of fused-ring (bicyclic) bond motifs is 5. The van der Waals surface area contributed by atoms with Gasteiger partial charge in [-0.2, -0.15) is 0 Å². The van der Waals surface area contributed by atoms with E-state index < -0.39 is 9.76 Å². The number of pyridine rings is 2. The Morgan fingerprint density at radius 3 is 2.23 bits per heavy atom. The Labute approximate surface area is 181 Å². The summed E-state index contributed by atoms with van der Waals surface area (Å²) in [7, 11) is -0.607. The summed E-state index contributed by atoms with van der Waals surface area (Å²) in [5, 5.41) is 1.09. The van der Waals surface area contributed by atoms with Crippen molar-refractivity contribution < 1.29 is 4.43 Å². The van der Waals surface area contributed by atoms with Gasteiger partial charge in [-0.05, 0) is 55.8 Å². The second-order valence-corrected chi connectivity index (χ2v) is 11.2. The van der Waals surface area contributed by atoms with Gasteiger partial charge in [-0.15, -0.1) is 0 Å². The fourth-order valence-electron chi connectivity index (χ4n) is 4.09. The van der Waals surface area contributed by atoms with Crippen LogP contribution in [-0.4, -0.2) is 24.1 Å². The van der Waals surface area contributed by atoms with Crippen LogP contribution in [0.4, 0.5) is 0 Å². The van der Waals surface area contributed by atoms with Crippen molar-refractivity contribution in [3.05, 3.63) is 46.8 Å². The minimum Gasteiger partial charge on any atom is -0.548 e. The topological polar surface area (TPSA) is 39.4 Å². The summed E-state index contributed by atoms with van der Waals surface area (Å²) < 4.78 is 8.54. The zero-order valence-corrected chi connectivity index (χ0v) is 21.2. The number of nitrogens with zero attached hydrogens (tertiary/aromatic N) is 3. The van der Waals surface area contributed by atoms with E-state index in [0.717, 1.165) is 39.0 Å². The first-order valence-electron chi connectivity index (χ1n) is 10.8. The van der Waals surface area contributed by atoms with Gasteiger partial charge in [0.2, 0.25) is 9.76 Å². The van der Waals surface area contributed by atoms with Crippen LogP contribution in [-0.2, 0) is 10.8 Å². The highest BCUT2D eigenvalue weighted by atomic mass is 28.2. The Balaban J connectivity index is 2.23. The smallest absolute Gasteiger partial charge is 0.216 e. The molecule has 5 heteroatoms. The van der Waals surface area contributed by atoms with E-state index in [1.807, 2.05) is 0 Å². The van der Waals surface area contributed by atoms with Crippen LogP contribution in [0.15, 0.2) is 24.3 Å².